The van der Waals surface area contributed by atoms with Crippen LogP contribution in [-0.2, 0) is 11.3 Å². The SMILES string of the molecule is Cc1ccc(OCC(=O)NC2CCN(Cc3ccccc3)CC2)c([N+](=O)[O-])c1. The maximum absolute atomic E-state index is 12.2. The molecule has 1 fully saturated rings. The quantitative estimate of drug-likeness (QED) is 0.587. The Balaban J connectivity index is 1.43. The summed E-state index contributed by atoms with van der Waals surface area (Å²) in [5, 5.41) is 14.1. The largest absolute Gasteiger partial charge is 0.477 e. The summed E-state index contributed by atoms with van der Waals surface area (Å²) in [6.07, 6.45) is 1.76. The summed E-state index contributed by atoms with van der Waals surface area (Å²) >= 11 is 0. The first-order valence-corrected chi connectivity index (χ1v) is 9.45. The van der Waals surface area contributed by atoms with E-state index < -0.39 is 4.92 Å². The van der Waals surface area contributed by atoms with E-state index in [9.17, 15) is 14.9 Å². The molecule has 0 aromatic heterocycles. The Morgan fingerprint density at radius 1 is 1.21 bits per heavy atom. The van der Waals surface area contributed by atoms with Crippen LogP contribution in [0.3, 0.4) is 0 Å². The number of likely N-dealkylation sites (tertiary alicyclic amines) is 1. The number of ether oxygens (including phenoxy) is 1. The molecule has 0 unspecified atom stereocenters. The highest BCUT2D eigenvalue weighted by atomic mass is 16.6. The number of nitrogens with one attached hydrogen (secondary N) is 1. The van der Waals surface area contributed by atoms with Gasteiger partial charge < -0.3 is 10.1 Å². The molecule has 7 nitrogen and oxygen atoms in total. The van der Waals surface area contributed by atoms with Gasteiger partial charge in [0, 0.05) is 31.7 Å². The molecule has 0 atom stereocenters. The topological polar surface area (TPSA) is 84.7 Å². The zero-order valence-corrected chi connectivity index (χ0v) is 16.0. The summed E-state index contributed by atoms with van der Waals surface area (Å²) in [7, 11) is 0. The fourth-order valence-corrected chi connectivity index (χ4v) is 3.38. The molecule has 1 N–H and O–H groups in total. The predicted octanol–water partition coefficient (Wildman–Crippen LogP) is 3.06. The molecule has 1 saturated heterocycles. The summed E-state index contributed by atoms with van der Waals surface area (Å²) in [4.78, 5) is 25.2. The number of hydrogen-bond acceptors (Lipinski definition) is 5. The molecule has 2 aromatic carbocycles. The minimum absolute atomic E-state index is 0.108. The third kappa shape index (κ3) is 5.53. The first-order chi connectivity index (χ1) is 13.5. The summed E-state index contributed by atoms with van der Waals surface area (Å²) in [5.41, 5.74) is 1.94. The van der Waals surface area contributed by atoms with Crippen LogP contribution in [0.4, 0.5) is 5.69 Å². The maximum Gasteiger partial charge on any atom is 0.311 e. The van der Waals surface area contributed by atoms with Gasteiger partial charge >= 0.3 is 5.69 Å². The highest BCUT2D eigenvalue weighted by Gasteiger charge is 2.22. The molecule has 0 saturated carbocycles. The minimum Gasteiger partial charge on any atom is -0.477 e. The lowest BCUT2D eigenvalue weighted by molar-refractivity contribution is -0.385. The van der Waals surface area contributed by atoms with Crippen LogP contribution >= 0.6 is 0 Å². The van der Waals surface area contributed by atoms with Crippen LogP contribution in [0, 0.1) is 17.0 Å². The Hall–Kier alpha value is -2.93. The van der Waals surface area contributed by atoms with Crippen molar-refractivity contribution < 1.29 is 14.5 Å². The van der Waals surface area contributed by atoms with Crippen LogP contribution in [0.1, 0.15) is 24.0 Å². The summed E-state index contributed by atoms with van der Waals surface area (Å²) in [6, 6.07) is 15.1. The zero-order chi connectivity index (χ0) is 19.9. The molecule has 1 amide bonds. The third-order valence-corrected chi connectivity index (χ3v) is 4.87. The standard InChI is InChI=1S/C21H25N3O4/c1-16-7-8-20(19(13-16)24(26)27)28-15-21(25)22-18-9-11-23(12-10-18)14-17-5-3-2-4-6-17/h2-8,13,18H,9-12,14-15H2,1H3,(H,22,25). The van der Waals surface area contributed by atoms with Gasteiger partial charge in [-0.1, -0.05) is 36.4 Å². The van der Waals surface area contributed by atoms with Crippen molar-refractivity contribution in [2.24, 2.45) is 0 Å². The van der Waals surface area contributed by atoms with E-state index in [-0.39, 0.29) is 30.0 Å². The lowest BCUT2D eigenvalue weighted by Crippen LogP contribution is -2.45. The van der Waals surface area contributed by atoms with Gasteiger partial charge in [-0.05, 0) is 37.0 Å². The molecule has 1 aliphatic rings. The highest BCUT2D eigenvalue weighted by Crippen LogP contribution is 2.27. The maximum atomic E-state index is 12.2. The van der Waals surface area contributed by atoms with Gasteiger partial charge in [-0.2, -0.15) is 0 Å². The molecule has 1 heterocycles. The lowest BCUT2D eigenvalue weighted by atomic mass is 10.0. The molecule has 28 heavy (non-hydrogen) atoms. The Morgan fingerprint density at radius 2 is 1.93 bits per heavy atom. The number of hydrogen-bond donors (Lipinski definition) is 1. The Kier molecular flexibility index (Phi) is 6.60. The van der Waals surface area contributed by atoms with E-state index in [4.69, 9.17) is 4.74 Å². The van der Waals surface area contributed by atoms with Crippen molar-refractivity contribution in [2.75, 3.05) is 19.7 Å². The van der Waals surface area contributed by atoms with Crippen molar-refractivity contribution in [1.29, 1.82) is 0 Å². The van der Waals surface area contributed by atoms with E-state index in [1.54, 1.807) is 13.0 Å². The van der Waals surface area contributed by atoms with E-state index in [0.717, 1.165) is 38.0 Å². The normalized spacial score (nSPS) is 15.2. The monoisotopic (exact) mass is 383 g/mol. The summed E-state index contributed by atoms with van der Waals surface area (Å²) in [6.45, 7) is 4.30. The van der Waals surface area contributed by atoms with Crippen LogP contribution in [0.15, 0.2) is 48.5 Å². The summed E-state index contributed by atoms with van der Waals surface area (Å²) < 4.78 is 5.39. The van der Waals surface area contributed by atoms with Crippen LogP contribution in [-0.4, -0.2) is 41.5 Å². The fraction of sp³-hybridized carbons (Fsp3) is 0.381. The second-order valence-electron chi connectivity index (χ2n) is 7.12. The van der Waals surface area contributed by atoms with Crippen LogP contribution in [0.2, 0.25) is 0 Å². The first kappa shape index (κ1) is 19.8. The molecular weight excluding hydrogens is 358 g/mol. The van der Waals surface area contributed by atoms with Crippen LogP contribution in [0.25, 0.3) is 0 Å². The number of benzene rings is 2. The second-order valence-corrected chi connectivity index (χ2v) is 7.12. The number of nitro groups is 1. The van der Waals surface area contributed by atoms with Crippen molar-refractivity contribution in [3.05, 3.63) is 69.8 Å². The van der Waals surface area contributed by atoms with Gasteiger partial charge in [-0.3, -0.25) is 19.8 Å². The van der Waals surface area contributed by atoms with E-state index in [1.165, 1.54) is 17.7 Å². The van der Waals surface area contributed by atoms with Gasteiger partial charge in [-0.25, -0.2) is 0 Å². The molecule has 1 aliphatic heterocycles. The smallest absolute Gasteiger partial charge is 0.311 e. The van der Waals surface area contributed by atoms with Crippen molar-refractivity contribution >= 4 is 11.6 Å². The third-order valence-electron chi connectivity index (χ3n) is 4.87. The van der Waals surface area contributed by atoms with Gasteiger partial charge in [0.25, 0.3) is 5.91 Å². The number of aryl methyl sites for hydroxylation is 1. The molecule has 0 radical (unpaired) electrons. The summed E-state index contributed by atoms with van der Waals surface area (Å²) in [5.74, 6) is -0.139. The number of carbonyl (C=O) groups excluding carboxylic acids is 1. The molecule has 0 spiro atoms. The predicted molar refractivity (Wildman–Crippen MR) is 106 cm³/mol. The Bertz CT molecular complexity index is 818. The average molecular weight is 383 g/mol. The molecule has 0 aliphatic carbocycles. The second kappa shape index (κ2) is 9.32. The van der Waals surface area contributed by atoms with Gasteiger partial charge in [0.15, 0.2) is 12.4 Å². The molecule has 7 heteroatoms. The van der Waals surface area contributed by atoms with Gasteiger partial charge in [0.1, 0.15) is 0 Å². The van der Waals surface area contributed by atoms with Crippen LogP contribution < -0.4 is 10.1 Å². The van der Waals surface area contributed by atoms with E-state index in [2.05, 4.69) is 22.3 Å². The van der Waals surface area contributed by atoms with Crippen LogP contribution in [0.5, 0.6) is 5.75 Å². The number of piperidine rings is 1. The zero-order valence-electron chi connectivity index (χ0n) is 16.0. The first-order valence-electron chi connectivity index (χ1n) is 9.45. The number of nitro benzene ring substituents is 1. The Morgan fingerprint density at radius 3 is 2.61 bits per heavy atom. The number of nitrogens with zero attached hydrogens (tertiary/aromatic N) is 2. The fourth-order valence-electron chi connectivity index (χ4n) is 3.38. The molecule has 3 rings (SSSR count). The Labute approximate surface area is 164 Å². The highest BCUT2D eigenvalue weighted by molar-refractivity contribution is 5.78. The molecule has 0 bridgehead atoms. The van der Waals surface area contributed by atoms with E-state index in [0.29, 0.717) is 0 Å². The van der Waals surface area contributed by atoms with Crippen molar-refractivity contribution in [3.8, 4) is 5.75 Å². The van der Waals surface area contributed by atoms with Crippen molar-refractivity contribution in [3.63, 3.8) is 0 Å². The average Bonchev–Trinajstić information content (AvgIpc) is 2.69. The van der Waals surface area contributed by atoms with E-state index >= 15 is 0 Å². The van der Waals surface area contributed by atoms with Crippen molar-refractivity contribution in [1.82, 2.24) is 10.2 Å². The van der Waals surface area contributed by atoms with E-state index in [1.807, 2.05) is 18.2 Å². The van der Waals surface area contributed by atoms with Crippen molar-refractivity contribution in [2.45, 2.75) is 32.4 Å². The number of rotatable bonds is 7. The van der Waals surface area contributed by atoms with Gasteiger partial charge in [0.05, 0.1) is 4.92 Å². The molecular formula is C21H25N3O4. The number of carbonyl (C=O) groups is 1. The molecule has 148 valence electrons. The number of amides is 1. The van der Waals surface area contributed by atoms with Gasteiger partial charge in [-0.15, -0.1) is 0 Å². The molecule has 2 aromatic rings. The van der Waals surface area contributed by atoms with Gasteiger partial charge in [0.2, 0.25) is 0 Å². The minimum atomic E-state index is -0.497. The lowest BCUT2D eigenvalue weighted by Gasteiger charge is -2.32.